The zero-order valence-electron chi connectivity index (χ0n) is 14.0. The van der Waals surface area contributed by atoms with Crippen molar-refractivity contribution in [1.29, 1.82) is 0 Å². The number of imidazole rings is 1. The summed E-state index contributed by atoms with van der Waals surface area (Å²) in [7, 11) is 0. The van der Waals surface area contributed by atoms with E-state index < -0.39 is 0 Å². The van der Waals surface area contributed by atoms with Crippen molar-refractivity contribution in [3.63, 3.8) is 0 Å². The van der Waals surface area contributed by atoms with E-state index in [2.05, 4.69) is 9.97 Å². The van der Waals surface area contributed by atoms with Crippen molar-refractivity contribution in [2.24, 2.45) is 0 Å². The number of H-pyrrole nitrogens is 1. The molecule has 4 aromatic rings. The quantitative estimate of drug-likeness (QED) is 0.349. The van der Waals surface area contributed by atoms with Crippen LogP contribution in [0.15, 0.2) is 60.0 Å². The van der Waals surface area contributed by atoms with Crippen LogP contribution in [0.25, 0.3) is 22.7 Å². The maximum absolute atomic E-state index is 13.2. The summed E-state index contributed by atoms with van der Waals surface area (Å²) in [5, 5.41) is 2.55. The molecular weight excluding hydrogens is 364 g/mol. The van der Waals surface area contributed by atoms with Crippen LogP contribution in [0.3, 0.4) is 0 Å². The highest BCUT2D eigenvalue weighted by Crippen LogP contribution is 2.27. The molecule has 0 unspecified atom stereocenters. The summed E-state index contributed by atoms with van der Waals surface area (Å²) in [5.74, 6) is 0.448. The van der Waals surface area contributed by atoms with Crippen molar-refractivity contribution in [3.05, 3.63) is 86.8 Å². The van der Waals surface area contributed by atoms with Crippen LogP contribution < -0.4 is 0 Å². The van der Waals surface area contributed by atoms with Crippen molar-refractivity contribution < 1.29 is 4.79 Å². The maximum atomic E-state index is 13.2. The van der Waals surface area contributed by atoms with Crippen LogP contribution in [-0.4, -0.2) is 15.8 Å². The number of carbonyl (C=O) groups is 1. The highest BCUT2D eigenvalue weighted by molar-refractivity contribution is 7.11. The Morgan fingerprint density at radius 2 is 2.00 bits per heavy atom. The van der Waals surface area contributed by atoms with E-state index in [0.717, 1.165) is 21.5 Å². The molecule has 4 rings (SSSR count). The lowest BCUT2D eigenvalue weighted by atomic mass is 10.0. The zero-order valence-corrected chi connectivity index (χ0v) is 15.6. The average Bonchev–Trinajstić information content (AvgIpc) is 3.24. The molecule has 0 saturated heterocycles. The highest BCUT2D eigenvalue weighted by Gasteiger charge is 2.19. The first kappa shape index (κ1) is 16.8. The minimum Gasteiger partial charge on any atom is -0.338 e. The van der Waals surface area contributed by atoms with Crippen molar-refractivity contribution in [1.82, 2.24) is 9.97 Å². The van der Waals surface area contributed by atoms with Gasteiger partial charge in [0, 0.05) is 15.5 Å². The van der Waals surface area contributed by atoms with E-state index >= 15 is 0 Å². The molecule has 0 amide bonds. The van der Waals surface area contributed by atoms with Gasteiger partial charge >= 0.3 is 0 Å². The fourth-order valence-corrected chi connectivity index (χ4v) is 3.82. The summed E-state index contributed by atoms with van der Waals surface area (Å²) >= 11 is 7.68. The number of nitrogens with one attached hydrogen (secondary N) is 1. The molecule has 128 valence electrons. The summed E-state index contributed by atoms with van der Waals surface area (Å²) in [5.41, 5.74) is 3.92. The SMILES string of the molecule is Cc1ccsc1/C=C(/C(=O)c1cccc(Cl)c1)c1nc2ccccc2[nH]1. The Kier molecular flexibility index (Phi) is 4.45. The second-order valence-electron chi connectivity index (χ2n) is 5.97. The Morgan fingerprint density at radius 1 is 1.15 bits per heavy atom. The first-order chi connectivity index (χ1) is 12.6. The van der Waals surface area contributed by atoms with Gasteiger partial charge in [0.05, 0.1) is 16.6 Å². The van der Waals surface area contributed by atoms with E-state index in [1.54, 1.807) is 35.6 Å². The van der Waals surface area contributed by atoms with Crippen LogP contribution in [0.4, 0.5) is 0 Å². The lowest BCUT2D eigenvalue weighted by molar-refractivity contribution is 0.105. The van der Waals surface area contributed by atoms with Gasteiger partial charge in [-0.25, -0.2) is 4.98 Å². The molecule has 0 fully saturated rings. The van der Waals surface area contributed by atoms with E-state index in [0.29, 0.717) is 22.0 Å². The van der Waals surface area contributed by atoms with Crippen LogP contribution in [0.2, 0.25) is 5.02 Å². The third kappa shape index (κ3) is 3.21. The van der Waals surface area contributed by atoms with Gasteiger partial charge < -0.3 is 4.98 Å². The van der Waals surface area contributed by atoms with Gasteiger partial charge in [-0.2, -0.15) is 0 Å². The van der Waals surface area contributed by atoms with Gasteiger partial charge in [-0.05, 0) is 54.3 Å². The summed E-state index contributed by atoms with van der Waals surface area (Å²) in [6, 6.07) is 16.8. The highest BCUT2D eigenvalue weighted by atomic mass is 35.5. The Hall–Kier alpha value is -2.69. The largest absolute Gasteiger partial charge is 0.338 e. The van der Waals surface area contributed by atoms with Crippen LogP contribution in [0.1, 0.15) is 26.6 Å². The number of aromatic amines is 1. The molecule has 1 N–H and O–H groups in total. The standard InChI is InChI=1S/C21H15ClN2OS/c1-13-9-10-26-19(13)12-16(20(25)14-5-4-6-15(22)11-14)21-23-17-7-2-3-8-18(17)24-21/h2-12H,1H3,(H,23,24)/b16-12-. The topological polar surface area (TPSA) is 45.8 Å². The summed E-state index contributed by atoms with van der Waals surface area (Å²) in [6.45, 7) is 2.03. The second kappa shape index (κ2) is 6.90. The molecule has 0 aliphatic rings. The smallest absolute Gasteiger partial charge is 0.196 e. The Morgan fingerprint density at radius 3 is 2.73 bits per heavy atom. The first-order valence-electron chi connectivity index (χ1n) is 8.13. The number of rotatable bonds is 4. The molecule has 3 nitrogen and oxygen atoms in total. The Bertz CT molecular complexity index is 1110. The van der Waals surface area contributed by atoms with Gasteiger partial charge in [0.2, 0.25) is 0 Å². The van der Waals surface area contributed by atoms with E-state index in [9.17, 15) is 4.79 Å². The van der Waals surface area contributed by atoms with Crippen LogP contribution in [-0.2, 0) is 0 Å². The monoisotopic (exact) mass is 378 g/mol. The van der Waals surface area contributed by atoms with Gasteiger partial charge in [-0.3, -0.25) is 4.79 Å². The molecule has 0 bridgehead atoms. The lowest BCUT2D eigenvalue weighted by Gasteiger charge is -2.05. The molecule has 5 heteroatoms. The van der Waals surface area contributed by atoms with Gasteiger partial charge in [0.25, 0.3) is 0 Å². The van der Waals surface area contributed by atoms with Crippen LogP contribution in [0.5, 0.6) is 0 Å². The molecule has 0 saturated carbocycles. The number of aryl methyl sites for hydroxylation is 1. The van der Waals surface area contributed by atoms with Crippen molar-refractivity contribution in [3.8, 4) is 0 Å². The average molecular weight is 379 g/mol. The number of hydrogen-bond acceptors (Lipinski definition) is 3. The molecule has 0 spiro atoms. The van der Waals surface area contributed by atoms with Crippen LogP contribution in [0, 0.1) is 6.92 Å². The molecule has 0 atom stereocenters. The maximum Gasteiger partial charge on any atom is 0.196 e. The molecule has 2 aromatic heterocycles. The normalized spacial score (nSPS) is 11.8. The second-order valence-corrected chi connectivity index (χ2v) is 7.35. The summed E-state index contributed by atoms with van der Waals surface area (Å²) in [4.78, 5) is 22.2. The number of fused-ring (bicyclic) bond motifs is 1. The van der Waals surface area contributed by atoms with E-state index in [4.69, 9.17) is 11.6 Å². The number of thiophene rings is 1. The molecule has 0 aliphatic heterocycles. The number of nitrogens with zero attached hydrogens (tertiary/aromatic N) is 1. The third-order valence-corrected chi connectivity index (χ3v) is 5.35. The number of halogens is 1. The Balaban J connectivity index is 1.88. The fourth-order valence-electron chi connectivity index (χ4n) is 2.77. The molecule has 0 radical (unpaired) electrons. The minimum atomic E-state index is -0.112. The number of ketones is 1. The van der Waals surface area contributed by atoms with Gasteiger partial charge in [-0.1, -0.05) is 35.9 Å². The fraction of sp³-hybridized carbons (Fsp3) is 0.0476. The predicted octanol–water partition coefficient (Wildman–Crippen LogP) is 6.01. The number of allylic oxidation sites excluding steroid dienone is 1. The number of aromatic nitrogens is 2. The Labute approximate surface area is 160 Å². The first-order valence-corrected chi connectivity index (χ1v) is 9.39. The lowest BCUT2D eigenvalue weighted by Crippen LogP contribution is -2.04. The van der Waals surface area contributed by atoms with Gasteiger partial charge in [-0.15, -0.1) is 11.3 Å². The molecular formula is C21H15ClN2OS. The van der Waals surface area contributed by atoms with E-state index in [1.165, 1.54) is 0 Å². The molecule has 26 heavy (non-hydrogen) atoms. The predicted molar refractivity (Wildman–Crippen MR) is 109 cm³/mol. The number of hydrogen-bond donors (Lipinski definition) is 1. The number of Topliss-reactive ketones (excluding diaryl/α,β-unsaturated/α-hetero) is 1. The number of benzene rings is 2. The van der Waals surface area contributed by atoms with Gasteiger partial charge in [0.15, 0.2) is 5.78 Å². The van der Waals surface area contributed by atoms with Crippen LogP contribution >= 0.6 is 22.9 Å². The third-order valence-electron chi connectivity index (χ3n) is 4.15. The van der Waals surface area contributed by atoms with E-state index in [-0.39, 0.29) is 5.78 Å². The van der Waals surface area contributed by atoms with Crippen molar-refractivity contribution in [2.75, 3.05) is 0 Å². The van der Waals surface area contributed by atoms with Gasteiger partial charge in [0.1, 0.15) is 5.82 Å². The van der Waals surface area contributed by atoms with Crippen molar-refractivity contribution in [2.45, 2.75) is 6.92 Å². The molecule has 2 heterocycles. The molecule has 2 aromatic carbocycles. The minimum absolute atomic E-state index is 0.112. The number of para-hydroxylation sites is 2. The summed E-state index contributed by atoms with van der Waals surface area (Å²) < 4.78 is 0. The van der Waals surface area contributed by atoms with Crippen molar-refractivity contribution >= 4 is 51.4 Å². The zero-order chi connectivity index (χ0) is 18.1. The number of carbonyl (C=O) groups excluding carboxylic acids is 1. The molecule has 0 aliphatic carbocycles. The van der Waals surface area contributed by atoms with E-state index in [1.807, 2.05) is 48.7 Å². The summed E-state index contributed by atoms with van der Waals surface area (Å²) in [6.07, 6.45) is 1.90.